The van der Waals surface area contributed by atoms with Gasteiger partial charge in [0.25, 0.3) is 0 Å². The molecular weight excluding hydrogens is 254 g/mol. The zero-order chi connectivity index (χ0) is 14.8. The van der Waals surface area contributed by atoms with Gasteiger partial charge in [-0.05, 0) is 49.4 Å². The van der Waals surface area contributed by atoms with Crippen LogP contribution < -0.4 is 10.1 Å². The summed E-state index contributed by atoms with van der Waals surface area (Å²) in [5, 5.41) is 12.4. The van der Waals surface area contributed by atoms with Gasteiger partial charge in [-0.25, -0.2) is 0 Å². The molecule has 4 heteroatoms. The fourth-order valence-corrected chi connectivity index (χ4v) is 2.46. The number of carboxylic acids is 1. The second-order valence-corrected chi connectivity index (χ2v) is 5.81. The highest BCUT2D eigenvalue weighted by Gasteiger charge is 2.51. The van der Waals surface area contributed by atoms with Gasteiger partial charge in [-0.1, -0.05) is 26.0 Å². The van der Waals surface area contributed by atoms with Crippen molar-refractivity contribution in [2.75, 3.05) is 13.7 Å². The van der Waals surface area contributed by atoms with Crippen molar-refractivity contribution in [2.45, 2.75) is 38.1 Å². The van der Waals surface area contributed by atoms with E-state index in [4.69, 9.17) is 4.74 Å². The van der Waals surface area contributed by atoms with Crippen LogP contribution >= 0.6 is 0 Å². The number of rotatable bonds is 7. The van der Waals surface area contributed by atoms with Crippen LogP contribution in [0.15, 0.2) is 24.3 Å². The number of benzene rings is 1. The Hall–Kier alpha value is -1.55. The summed E-state index contributed by atoms with van der Waals surface area (Å²) >= 11 is 0. The molecule has 0 bridgehead atoms. The number of hydrogen-bond donors (Lipinski definition) is 2. The maximum absolute atomic E-state index is 11.6. The van der Waals surface area contributed by atoms with Crippen molar-refractivity contribution in [3.8, 4) is 5.75 Å². The van der Waals surface area contributed by atoms with E-state index in [2.05, 4.69) is 19.2 Å². The van der Waals surface area contributed by atoms with Crippen LogP contribution in [0.25, 0.3) is 0 Å². The lowest BCUT2D eigenvalue weighted by molar-refractivity contribution is -0.147. The van der Waals surface area contributed by atoms with Gasteiger partial charge in [-0.15, -0.1) is 0 Å². The van der Waals surface area contributed by atoms with Crippen LogP contribution in [0.1, 0.15) is 38.2 Å². The molecule has 1 atom stereocenters. The van der Waals surface area contributed by atoms with Crippen LogP contribution in [0.2, 0.25) is 0 Å². The van der Waals surface area contributed by atoms with Crippen LogP contribution in [0.5, 0.6) is 5.75 Å². The highest BCUT2D eigenvalue weighted by Crippen LogP contribution is 2.40. The van der Waals surface area contributed by atoms with Crippen molar-refractivity contribution in [1.82, 2.24) is 5.32 Å². The molecule has 1 unspecified atom stereocenters. The summed E-state index contributed by atoms with van der Waals surface area (Å²) in [6.45, 7) is 4.43. The molecule has 110 valence electrons. The fourth-order valence-electron chi connectivity index (χ4n) is 2.46. The van der Waals surface area contributed by atoms with Crippen LogP contribution in [0.3, 0.4) is 0 Å². The Morgan fingerprint density at radius 1 is 1.40 bits per heavy atom. The van der Waals surface area contributed by atoms with Gasteiger partial charge in [0.1, 0.15) is 12.4 Å². The maximum Gasteiger partial charge on any atom is 0.327 e. The molecule has 1 aromatic carbocycles. The minimum Gasteiger partial charge on any atom is -0.491 e. The van der Waals surface area contributed by atoms with Crippen LogP contribution in [0.4, 0.5) is 0 Å². The number of carbonyl (C=O) groups is 1. The molecule has 1 saturated carbocycles. The highest BCUT2D eigenvalue weighted by atomic mass is 16.5. The first kappa shape index (κ1) is 14.9. The lowest BCUT2D eigenvalue weighted by atomic mass is 9.94. The topological polar surface area (TPSA) is 58.6 Å². The Morgan fingerprint density at radius 2 is 2.00 bits per heavy atom. The monoisotopic (exact) mass is 277 g/mol. The van der Waals surface area contributed by atoms with E-state index >= 15 is 0 Å². The summed E-state index contributed by atoms with van der Waals surface area (Å²) in [6, 6.07) is 7.87. The number of ether oxygens (including phenoxy) is 1. The fraction of sp³-hybridized carbons (Fsp3) is 0.562. The molecule has 2 rings (SSSR count). The van der Waals surface area contributed by atoms with Crippen molar-refractivity contribution in [3.63, 3.8) is 0 Å². The molecular formula is C16H23NO3. The molecule has 0 aromatic heterocycles. The van der Waals surface area contributed by atoms with E-state index in [-0.39, 0.29) is 12.5 Å². The van der Waals surface area contributed by atoms with Gasteiger partial charge in [-0.2, -0.15) is 0 Å². The molecule has 0 saturated heterocycles. The summed E-state index contributed by atoms with van der Waals surface area (Å²) in [6.07, 6.45) is 1.89. The first-order valence-corrected chi connectivity index (χ1v) is 7.14. The minimum absolute atomic E-state index is 0.157. The molecule has 20 heavy (non-hydrogen) atoms. The Bertz CT molecular complexity index is 465. The van der Waals surface area contributed by atoms with E-state index in [0.29, 0.717) is 5.92 Å². The van der Waals surface area contributed by atoms with E-state index in [1.807, 2.05) is 24.3 Å². The van der Waals surface area contributed by atoms with E-state index in [0.717, 1.165) is 18.6 Å². The van der Waals surface area contributed by atoms with Crippen molar-refractivity contribution in [1.29, 1.82) is 0 Å². The third-order valence-electron chi connectivity index (χ3n) is 4.12. The summed E-state index contributed by atoms with van der Waals surface area (Å²) in [7, 11) is 1.69. The third-order valence-corrected chi connectivity index (χ3v) is 4.12. The van der Waals surface area contributed by atoms with Crippen molar-refractivity contribution >= 4 is 5.97 Å². The molecule has 0 aliphatic heterocycles. The van der Waals surface area contributed by atoms with Crippen molar-refractivity contribution < 1.29 is 14.6 Å². The highest BCUT2D eigenvalue weighted by molar-refractivity contribution is 5.80. The van der Waals surface area contributed by atoms with Crippen LogP contribution in [-0.2, 0) is 4.79 Å². The SMILES string of the molecule is CNC(COc1ccc(C(C)C)cc1)(C(=O)O)C1CC1. The molecule has 0 spiro atoms. The second-order valence-electron chi connectivity index (χ2n) is 5.81. The minimum atomic E-state index is -0.962. The maximum atomic E-state index is 11.6. The van der Waals surface area contributed by atoms with E-state index in [1.54, 1.807) is 7.05 Å². The lowest BCUT2D eigenvalue weighted by Crippen LogP contribution is -2.56. The van der Waals surface area contributed by atoms with Crippen molar-refractivity contribution in [3.05, 3.63) is 29.8 Å². The van der Waals surface area contributed by atoms with E-state index in [1.165, 1.54) is 5.56 Å². The Kier molecular flexibility index (Phi) is 4.33. The van der Waals surface area contributed by atoms with Gasteiger partial charge in [-0.3, -0.25) is 4.79 Å². The van der Waals surface area contributed by atoms with Gasteiger partial charge in [0, 0.05) is 0 Å². The first-order chi connectivity index (χ1) is 9.49. The average molecular weight is 277 g/mol. The quantitative estimate of drug-likeness (QED) is 0.804. The van der Waals surface area contributed by atoms with Gasteiger partial charge < -0.3 is 15.2 Å². The Morgan fingerprint density at radius 3 is 2.40 bits per heavy atom. The van der Waals surface area contributed by atoms with Gasteiger partial charge in [0.2, 0.25) is 0 Å². The Balaban J connectivity index is 2.04. The molecule has 0 radical (unpaired) electrons. The second kappa shape index (κ2) is 5.83. The largest absolute Gasteiger partial charge is 0.491 e. The smallest absolute Gasteiger partial charge is 0.327 e. The Labute approximate surface area is 120 Å². The predicted molar refractivity (Wildman–Crippen MR) is 78.2 cm³/mol. The molecule has 1 fully saturated rings. The molecule has 1 aromatic rings. The zero-order valence-corrected chi connectivity index (χ0v) is 12.3. The third kappa shape index (κ3) is 2.96. The summed E-state index contributed by atoms with van der Waals surface area (Å²) < 4.78 is 5.72. The van der Waals surface area contributed by atoms with E-state index < -0.39 is 11.5 Å². The number of hydrogen-bond acceptors (Lipinski definition) is 3. The van der Waals surface area contributed by atoms with E-state index in [9.17, 15) is 9.90 Å². The van der Waals surface area contributed by atoms with Crippen LogP contribution in [-0.4, -0.2) is 30.3 Å². The molecule has 1 aliphatic rings. The van der Waals surface area contributed by atoms with Crippen molar-refractivity contribution in [2.24, 2.45) is 5.92 Å². The number of likely N-dealkylation sites (N-methyl/N-ethyl adjacent to an activating group) is 1. The standard InChI is InChI=1S/C16H23NO3/c1-11(2)12-4-8-14(9-5-12)20-10-16(17-3,15(18)19)13-6-7-13/h4-5,8-9,11,13,17H,6-7,10H2,1-3H3,(H,18,19). The van der Waals surface area contributed by atoms with Gasteiger partial charge >= 0.3 is 5.97 Å². The summed E-state index contributed by atoms with van der Waals surface area (Å²) in [5.41, 5.74) is 0.286. The molecule has 4 nitrogen and oxygen atoms in total. The molecule has 0 amide bonds. The van der Waals surface area contributed by atoms with Crippen LogP contribution in [0, 0.1) is 5.92 Å². The number of carboxylic acid groups (broad SMARTS) is 1. The molecule has 1 aliphatic carbocycles. The zero-order valence-electron chi connectivity index (χ0n) is 12.3. The average Bonchev–Trinajstić information content (AvgIpc) is 3.25. The summed E-state index contributed by atoms with van der Waals surface area (Å²) in [5.74, 6) is 0.531. The number of aliphatic carboxylic acids is 1. The molecule has 0 heterocycles. The summed E-state index contributed by atoms with van der Waals surface area (Å²) in [4.78, 5) is 11.6. The number of nitrogens with one attached hydrogen (secondary N) is 1. The van der Waals surface area contributed by atoms with Gasteiger partial charge in [0.05, 0.1) is 0 Å². The first-order valence-electron chi connectivity index (χ1n) is 7.14. The van der Waals surface area contributed by atoms with Gasteiger partial charge in [0.15, 0.2) is 5.54 Å². The lowest BCUT2D eigenvalue weighted by Gasteiger charge is -2.29. The predicted octanol–water partition coefficient (Wildman–Crippen LogP) is 2.64. The normalized spacial score (nSPS) is 17.8. The molecule has 2 N–H and O–H groups in total.